The van der Waals surface area contributed by atoms with Crippen LogP contribution in [0.3, 0.4) is 0 Å². The minimum atomic E-state index is -0.117. The first-order chi connectivity index (χ1) is 7.77. The maximum absolute atomic E-state index is 11.8. The lowest BCUT2D eigenvalue weighted by Crippen LogP contribution is -2.38. The van der Waals surface area contributed by atoms with E-state index in [4.69, 9.17) is 5.26 Å². The van der Waals surface area contributed by atoms with Crippen molar-refractivity contribution < 1.29 is 4.79 Å². The Morgan fingerprint density at radius 2 is 2.12 bits per heavy atom. The van der Waals surface area contributed by atoms with Gasteiger partial charge in [-0.1, -0.05) is 6.92 Å². The van der Waals surface area contributed by atoms with E-state index in [1.165, 1.54) is 6.42 Å². The van der Waals surface area contributed by atoms with Crippen molar-refractivity contribution in [1.82, 2.24) is 10.2 Å². The largest absolute Gasteiger partial charge is 0.343 e. The fourth-order valence-corrected chi connectivity index (χ4v) is 1.94. The number of nitriles is 1. The van der Waals surface area contributed by atoms with Gasteiger partial charge in [0.1, 0.15) is 0 Å². The summed E-state index contributed by atoms with van der Waals surface area (Å²) in [6, 6.07) is 2.05. The van der Waals surface area contributed by atoms with E-state index in [0.717, 1.165) is 32.4 Å². The molecule has 1 rings (SSSR count). The third-order valence-corrected chi connectivity index (χ3v) is 3.00. The quantitative estimate of drug-likeness (QED) is 0.764. The number of hydrogen-bond donors (Lipinski definition) is 1. The van der Waals surface area contributed by atoms with E-state index < -0.39 is 0 Å². The number of piperidine rings is 1. The lowest BCUT2D eigenvalue weighted by Gasteiger charge is -2.26. The molecule has 0 saturated carbocycles. The van der Waals surface area contributed by atoms with Crippen molar-refractivity contribution in [3.63, 3.8) is 0 Å². The molecule has 1 fully saturated rings. The van der Waals surface area contributed by atoms with Gasteiger partial charge in [-0.05, 0) is 25.7 Å². The second kappa shape index (κ2) is 7.24. The highest BCUT2D eigenvalue weighted by Crippen LogP contribution is 2.09. The van der Waals surface area contributed by atoms with Crippen LogP contribution in [-0.4, -0.2) is 36.5 Å². The van der Waals surface area contributed by atoms with Gasteiger partial charge < -0.3 is 10.2 Å². The molecule has 0 bridgehead atoms. The summed E-state index contributed by atoms with van der Waals surface area (Å²) in [5.41, 5.74) is 0. The number of nitrogens with zero attached hydrogens (tertiary/aromatic N) is 2. The smallest absolute Gasteiger partial charge is 0.223 e. The Morgan fingerprint density at radius 3 is 2.69 bits per heavy atom. The fourth-order valence-electron chi connectivity index (χ4n) is 1.94. The molecule has 16 heavy (non-hydrogen) atoms. The molecule has 1 aliphatic rings. The average molecular weight is 223 g/mol. The second-order valence-electron chi connectivity index (χ2n) is 4.24. The average Bonchev–Trinajstić information content (AvgIpc) is 2.35. The van der Waals surface area contributed by atoms with Crippen LogP contribution in [0.1, 0.15) is 39.0 Å². The summed E-state index contributed by atoms with van der Waals surface area (Å²) in [6.45, 7) is 4.40. The molecule has 90 valence electrons. The maximum Gasteiger partial charge on any atom is 0.223 e. The SMILES string of the molecule is CCC(C#N)NCCC(=O)N1CCCCC1. The minimum absolute atomic E-state index is 0.117. The van der Waals surface area contributed by atoms with Crippen molar-refractivity contribution in [2.24, 2.45) is 0 Å². The van der Waals surface area contributed by atoms with Crippen LogP contribution in [0.15, 0.2) is 0 Å². The summed E-state index contributed by atoms with van der Waals surface area (Å²) in [7, 11) is 0. The number of rotatable bonds is 5. The van der Waals surface area contributed by atoms with Crippen molar-refractivity contribution in [2.75, 3.05) is 19.6 Å². The second-order valence-corrected chi connectivity index (χ2v) is 4.24. The molecule has 1 amide bonds. The highest BCUT2D eigenvalue weighted by atomic mass is 16.2. The Balaban J connectivity index is 2.17. The normalized spacial score (nSPS) is 17.9. The molecule has 0 aromatic heterocycles. The topological polar surface area (TPSA) is 56.1 Å². The molecular formula is C12H21N3O. The van der Waals surface area contributed by atoms with Gasteiger partial charge in [-0.15, -0.1) is 0 Å². The van der Waals surface area contributed by atoms with E-state index in [1.807, 2.05) is 11.8 Å². The van der Waals surface area contributed by atoms with Crippen LogP contribution in [0.4, 0.5) is 0 Å². The molecule has 0 aromatic rings. The third kappa shape index (κ3) is 4.19. The van der Waals surface area contributed by atoms with E-state index in [-0.39, 0.29) is 11.9 Å². The summed E-state index contributed by atoms with van der Waals surface area (Å²) in [6.07, 6.45) is 4.81. The van der Waals surface area contributed by atoms with Gasteiger partial charge in [0.25, 0.3) is 0 Å². The number of carbonyl (C=O) groups excluding carboxylic acids is 1. The monoisotopic (exact) mass is 223 g/mol. The van der Waals surface area contributed by atoms with E-state index in [0.29, 0.717) is 13.0 Å². The molecule has 1 heterocycles. The maximum atomic E-state index is 11.8. The zero-order valence-corrected chi connectivity index (χ0v) is 10.0. The van der Waals surface area contributed by atoms with Crippen LogP contribution in [0.2, 0.25) is 0 Å². The predicted octanol–water partition coefficient (Wildman–Crippen LogP) is 1.28. The summed E-state index contributed by atoms with van der Waals surface area (Å²) < 4.78 is 0. The summed E-state index contributed by atoms with van der Waals surface area (Å²) in [4.78, 5) is 13.7. The summed E-state index contributed by atoms with van der Waals surface area (Å²) in [5.74, 6) is 0.222. The zero-order valence-electron chi connectivity index (χ0n) is 10.0. The summed E-state index contributed by atoms with van der Waals surface area (Å²) >= 11 is 0. The van der Waals surface area contributed by atoms with E-state index >= 15 is 0 Å². The number of nitrogens with one attached hydrogen (secondary N) is 1. The van der Waals surface area contributed by atoms with Crippen LogP contribution < -0.4 is 5.32 Å². The van der Waals surface area contributed by atoms with Gasteiger partial charge in [-0.3, -0.25) is 4.79 Å². The van der Waals surface area contributed by atoms with Crippen LogP contribution in [0.25, 0.3) is 0 Å². The minimum Gasteiger partial charge on any atom is -0.343 e. The van der Waals surface area contributed by atoms with Crippen LogP contribution in [-0.2, 0) is 4.79 Å². The Hall–Kier alpha value is -1.08. The van der Waals surface area contributed by atoms with Crippen LogP contribution >= 0.6 is 0 Å². The van der Waals surface area contributed by atoms with E-state index in [2.05, 4.69) is 11.4 Å². The molecule has 1 aliphatic heterocycles. The lowest BCUT2D eigenvalue weighted by atomic mass is 10.1. The molecule has 1 unspecified atom stereocenters. The van der Waals surface area contributed by atoms with Crippen molar-refractivity contribution in [3.8, 4) is 6.07 Å². The molecule has 0 aliphatic carbocycles. The van der Waals surface area contributed by atoms with Crippen LogP contribution in [0.5, 0.6) is 0 Å². The van der Waals surface area contributed by atoms with Crippen molar-refractivity contribution in [2.45, 2.75) is 45.1 Å². The van der Waals surface area contributed by atoms with Crippen molar-refractivity contribution in [3.05, 3.63) is 0 Å². The first-order valence-corrected chi connectivity index (χ1v) is 6.18. The predicted molar refractivity (Wildman–Crippen MR) is 62.7 cm³/mol. The van der Waals surface area contributed by atoms with Gasteiger partial charge in [0.15, 0.2) is 0 Å². The Bertz CT molecular complexity index is 253. The highest BCUT2D eigenvalue weighted by Gasteiger charge is 2.16. The fraction of sp³-hybridized carbons (Fsp3) is 0.833. The molecule has 0 spiro atoms. The number of likely N-dealkylation sites (tertiary alicyclic amines) is 1. The first-order valence-electron chi connectivity index (χ1n) is 6.18. The molecular weight excluding hydrogens is 202 g/mol. The number of hydrogen-bond acceptors (Lipinski definition) is 3. The van der Waals surface area contributed by atoms with Crippen molar-refractivity contribution in [1.29, 1.82) is 5.26 Å². The van der Waals surface area contributed by atoms with Gasteiger partial charge in [0.2, 0.25) is 5.91 Å². The molecule has 0 radical (unpaired) electrons. The van der Waals surface area contributed by atoms with E-state index in [9.17, 15) is 4.79 Å². The number of amides is 1. The number of carbonyl (C=O) groups is 1. The third-order valence-electron chi connectivity index (χ3n) is 3.00. The molecule has 1 saturated heterocycles. The first kappa shape index (κ1) is 13.0. The standard InChI is InChI=1S/C12H21N3O/c1-2-11(10-13)14-7-6-12(16)15-8-4-3-5-9-15/h11,14H,2-9H2,1H3. The lowest BCUT2D eigenvalue weighted by molar-refractivity contribution is -0.131. The van der Waals surface area contributed by atoms with Crippen molar-refractivity contribution >= 4 is 5.91 Å². The van der Waals surface area contributed by atoms with Crippen LogP contribution in [0, 0.1) is 11.3 Å². The van der Waals surface area contributed by atoms with E-state index in [1.54, 1.807) is 0 Å². The molecule has 0 aromatic carbocycles. The Morgan fingerprint density at radius 1 is 1.44 bits per heavy atom. The summed E-state index contributed by atoms with van der Waals surface area (Å²) in [5, 5.41) is 11.8. The van der Waals surface area contributed by atoms with Gasteiger partial charge in [-0.25, -0.2) is 0 Å². The Kier molecular flexibility index (Phi) is 5.87. The Labute approximate surface area is 97.6 Å². The van der Waals surface area contributed by atoms with Gasteiger partial charge >= 0.3 is 0 Å². The molecule has 1 atom stereocenters. The molecule has 4 heteroatoms. The highest BCUT2D eigenvalue weighted by molar-refractivity contribution is 5.76. The van der Waals surface area contributed by atoms with Gasteiger partial charge in [-0.2, -0.15) is 5.26 Å². The zero-order chi connectivity index (χ0) is 11.8. The van der Waals surface area contributed by atoms with Gasteiger partial charge in [0, 0.05) is 26.1 Å². The molecule has 1 N–H and O–H groups in total. The van der Waals surface area contributed by atoms with Gasteiger partial charge in [0.05, 0.1) is 12.1 Å². The molecule has 4 nitrogen and oxygen atoms in total.